The van der Waals surface area contributed by atoms with E-state index in [0.717, 1.165) is 57.2 Å². The molecule has 2 aliphatic heterocycles. The van der Waals surface area contributed by atoms with Crippen molar-refractivity contribution < 1.29 is 4.79 Å². The second kappa shape index (κ2) is 5.88. The van der Waals surface area contributed by atoms with E-state index in [1.165, 1.54) is 0 Å². The Balaban J connectivity index is 1.58. The molecule has 3 rings (SSSR count). The van der Waals surface area contributed by atoms with Crippen LogP contribution >= 0.6 is 0 Å². The summed E-state index contributed by atoms with van der Waals surface area (Å²) in [5.41, 5.74) is 0. The second-order valence-electron chi connectivity index (χ2n) is 5.65. The number of hydrogen-bond donors (Lipinski definition) is 2. The molecule has 0 spiro atoms. The third-order valence-electron chi connectivity index (χ3n) is 4.12. The van der Waals surface area contributed by atoms with E-state index in [0.29, 0.717) is 6.54 Å². The first-order valence-corrected chi connectivity index (χ1v) is 7.32. The molecule has 0 saturated carbocycles. The molecule has 0 radical (unpaired) electrons. The summed E-state index contributed by atoms with van der Waals surface area (Å²) in [4.78, 5) is 14.3. The maximum Gasteiger partial charge on any atom is 0.224 e. The van der Waals surface area contributed by atoms with Crippen molar-refractivity contribution in [2.45, 2.75) is 25.9 Å². The summed E-state index contributed by atoms with van der Waals surface area (Å²) < 4.78 is 2.13. The van der Waals surface area contributed by atoms with E-state index in [1.807, 2.05) is 0 Å². The molecule has 1 fully saturated rings. The molecule has 2 N–H and O–H groups in total. The van der Waals surface area contributed by atoms with Gasteiger partial charge in [0, 0.05) is 32.6 Å². The van der Waals surface area contributed by atoms with Gasteiger partial charge < -0.3 is 20.1 Å². The number of fused-ring (bicyclic) bond motifs is 1. The van der Waals surface area contributed by atoms with E-state index in [4.69, 9.17) is 0 Å². The van der Waals surface area contributed by atoms with Gasteiger partial charge in [0.25, 0.3) is 0 Å². The largest absolute Gasteiger partial charge is 0.349 e. The average Bonchev–Trinajstić information content (AvgIpc) is 2.96. The molecule has 2 aliphatic rings. The summed E-state index contributed by atoms with van der Waals surface area (Å²) in [6.45, 7) is 5.09. The minimum atomic E-state index is 0.119. The lowest BCUT2D eigenvalue weighted by molar-refractivity contribution is -0.124. The fraction of sp³-hybridized carbons (Fsp3) is 0.769. The molecule has 20 heavy (non-hydrogen) atoms. The lowest BCUT2D eigenvalue weighted by Gasteiger charge is -2.12. The van der Waals surface area contributed by atoms with Gasteiger partial charge >= 0.3 is 0 Å². The van der Waals surface area contributed by atoms with Gasteiger partial charge in [0.15, 0.2) is 5.82 Å². The quantitative estimate of drug-likeness (QED) is 0.741. The summed E-state index contributed by atoms with van der Waals surface area (Å²) in [6, 6.07) is 0. The van der Waals surface area contributed by atoms with Crippen molar-refractivity contribution in [3.63, 3.8) is 0 Å². The van der Waals surface area contributed by atoms with E-state index >= 15 is 0 Å². The minimum Gasteiger partial charge on any atom is -0.349 e. The van der Waals surface area contributed by atoms with E-state index in [1.54, 1.807) is 0 Å². The summed E-state index contributed by atoms with van der Waals surface area (Å²) in [6.07, 6.45) is 1.85. The Labute approximate surface area is 118 Å². The highest BCUT2D eigenvalue weighted by Gasteiger charge is 2.26. The first-order chi connectivity index (χ1) is 9.74. The predicted octanol–water partition coefficient (Wildman–Crippen LogP) is -1.01. The minimum absolute atomic E-state index is 0.119. The summed E-state index contributed by atoms with van der Waals surface area (Å²) in [5, 5.41) is 14.8. The third-order valence-corrected chi connectivity index (χ3v) is 4.12. The van der Waals surface area contributed by atoms with Gasteiger partial charge in [0.2, 0.25) is 5.91 Å². The normalized spacial score (nSPS) is 23.4. The summed E-state index contributed by atoms with van der Waals surface area (Å²) in [5.74, 6) is 2.13. The molecule has 1 aromatic heterocycles. The molecule has 1 amide bonds. The van der Waals surface area contributed by atoms with Crippen molar-refractivity contribution in [2.75, 3.05) is 33.2 Å². The fourth-order valence-corrected chi connectivity index (χ4v) is 2.92. The Hall–Kier alpha value is -1.47. The SMILES string of the molecule is CN1CC[C@H](C(=O)NCc2nnc3n2CCNCC3)C1. The van der Waals surface area contributed by atoms with E-state index in [9.17, 15) is 4.79 Å². The van der Waals surface area contributed by atoms with Gasteiger partial charge in [-0.1, -0.05) is 0 Å². The average molecular weight is 278 g/mol. The number of carbonyl (C=O) groups excluding carboxylic acids is 1. The van der Waals surface area contributed by atoms with Crippen LogP contribution in [0.25, 0.3) is 0 Å². The van der Waals surface area contributed by atoms with Crippen LogP contribution in [0.3, 0.4) is 0 Å². The molecule has 3 heterocycles. The first kappa shape index (κ1) is 13.5. The topological polar surface area (TPSA) is 75.1 Å². The second-order valence-corrected chi connectivity index (χ2v) is 5.65. The molecule has 0 aromatic carbocycles. The molecular formula is C13H22N6O. The van der Waals surface area contributed by atoms with Crippen LogP contribution in [-0.2, 0) is 24.3 Å². The van der Waals surface area contributed by atoms with Gasteiger partial charge in [-0.15, -0.1) is 10.2 Å². The van der Waals surface area contributed by atoms with Gasteiger partial charge in [-0.25, -0.2) is 0 Å². The predicted molar refractivity (Wildman–Crippen MR) is 74.0 cm³/mol. The molecule has 1 atom stereocenters. The van der Waals surface area contributed by atoms with Crippen molar-refractivity contribution in [1.82, 2.24) is 30.3 Å². The molecule has 7 nitrogen and oxygen atoms in total. The number of rotatable bonds is 3. The highest BCUT2D eigenvalue weighted by Crippen LogP contribution is 2.14. The first-order valence-electron chi connectivity index (χ1n) is 7.32. The number of aromatic nitrogens is 3. The van der Waals surface area contributed by atoms with Crippen LogP contribution in [0.15, 0.2) is 0 Å². The standard InChI is InChI=1S/C13H22N6O/c1-18-6-3-10(9-18)13(20)15-8-12-17-16-11-2-4-14-5-7-19(11)12/h10,14H,2-9H2,1H3,(H,15,20)/t10-/m0/s1. The highest BCUT2D eigenvalue weighted by atomic mass is 16.1. The summed E-state index contributed by atoms with van der Waals surface area (Å²) >= 11 is 0. The molecule has 7 heteroatoms. The number of likely N-dealkylation sites (tertiary alicyclic amines) is 1. The summed E-state index contributed by atoms with van der Waals surface area (Å²) in [7, 11) is 2.05. The lowest BCUT2D eigenvalue weighted by Crippen LogP contribution is -2.32. The zero-order valence-electron chi connectivity index (χ0n) is 11.9. The van der Waals surface area contributed by atoms with Crippen LogP contribution in [-0.4, -0.2) is 58.8 Å². The van der Waals surface area contributed by atoms with Gasteiger partial charge in [-0.3, -0.25) is 4.79 Å². The number of nitrogens with zero attached hydrogens (tertiary/aromatic N) is 4. The third kappa shape index (κ3) is 2.83. The van der Waals surface area contributed by atoms with Crippen molar-refractivity contribution in [3.8, 4) is 0 Å². The molecular weight excluding hydrogens is 256 g/mol. The zero-order chi connectivity index (χ0) is 13.9. The van der Waals surface area contributed by atoms with Crippen LogP contribution in [0.1, 0.15) is 18.1 Å². The van der Waals surface area contributed by atoms with Crippen molar-refractivity contribution >= 4 is 5.91 Å². The Bertz CT molecular complexity index is 485. The lowest BCUT2D eigenvalue weighted by atomic mass is 10.1. The van der Waals surface area contributed by atoms with E-state index in [-0.39, 0.29) is 11.8 Å². The van der Waals surface area contributed by atoms with Gasteiger partial charge in [-0.05, 0) is 20.0 Å². The Morgan fingerprint density at radius 2 is 2.30 bits per heavy atom. The molecule has 0 aliphatic carbocycles. The van der Waals surface area contributed by atoms with Gasteiger partial charge in [0.05, 0.1) is 12.5 Å². The zero-order valence-corrected chi connectivity index (χ0v) is 11.9. The monoisotopic (exact) mass is 278 g/mol. The van der Waals surface area contributed by atoms with Crippen LogP contribution in [0.5, 0.6) is 0 Å². The Kier molecular flexibility index (Phi) is 3.98. The Morgan fingerprint density at radius 3 is 3.10 bits per heavy atom. The van der Waals surface area contributed by atoms with Gasteiger partial charge in [-0.2, -0.15) is 0 Å². The molecule has 1 saturated heterocycles. The van der Waals surface area contributed by atoms with Crippen LogP contribution in [0.4, 0.5) is 0 Å². The van der Waals surface area contributed by atoms with E-state index in [2.05, 4.69) is 37.3 Å². The van der Waals surface area contributed by atoms with Crippen LogP contribution < -0.4 is 10.6 Å². The van der Waals surface area contributed by atoms with E-state index < -0.39 is 0 Å². The smallest absolute Gasteiger partial charge is 0.224 e. The maximum absolute atomic E-state index is 12.1. The van der Waals surface area contributed by atoms with Crippen molar-refractivity contribution in [2.24, 2.45) is 5.92 Å². The Morgan fingerprint density at radius 1 is 1.40 bits per heavy atom. The van der Waals surface area contributed by atoms with Crippen LogP contribution in [0.2, 0.25) is 0 Å². The van der Waals surface area contributed by atoms with Crippen molar-refractivity contribution in [1.29, 1.82) is 0 Å². The van der Waals surface area contributed by atoms with Crippen LogP contribution in [0, 0.1) is 5.92 Å². The molecule has 0 bridgehead atoms. The highest BCUT2D eigenvalue weighted by molar-refractivity contribution is 5.79. The molecule has 110 valence electrons. The molecule has 1 aromatic rings. The fourth-order valence-electron chi connectivity index (χ4n) is 2.92. The number of amides is 1. The van der Waals surface area contributed by atoms with Crippen molar-refractivity contribution in [3.05, 3.63) is 11.6 Å². The number of carbonyl (C=O) groups is 1. The van der Waals surface area contributed by atoms with Gasteiger partial charge in [0.1, 0.15) is 5.82 Å². The number of nitrogens with one attached hydrogen (secondary N) is 2. The maximum atomic E-state index is 12.1. The molecule has 0 unspecified atom stereocenters. The number of hydrogen-bond acceptors (Lipinski definition) is 5.